The molecule has 0 aliphatic heterocycles. The zero-order valence-electron chi connectivity index (χ0n) is 9.76. The first kappa shape index (κ1) is 12.5. The monoisotopic (exact) mass is 302 g/mol. The normalized spacial score (nSPS) is 9.83. The Morgan fingerprint density at radius 3 is 2.67 bits per heavy atom. The number of aromatic hydroxyl groups is 1. The maximum atomic E-state index is 9.48. The summed E-state index contributed by atoms with van der Waals surface area (Å²) < 4.78 is 0.868. The number of phenolic OH excluding ortho intramolecular Hbond substituents is 1. The molecule has 0 saturated heterocycles. The van der Waals surface area contributed by atoms with Crippen LogP contribution in [-0.2, 0) is 0 Å². The Morgan fingerprint density at radius 1 is 1.22 bits per heavy atom. The molecule has 0 radical (unpaired) electrons. The topological polar surface area (TPSA) is 47.3 Å². The molecule has 3 nitrogen and oxygen atoms in total. The Hall–Kier alpha value is -1.99. The van der Waals surface area contributed by atoms with E-state index in [4.69, 9.17) is 5.26 Å². The molecule has 2 aromatic rings. The van der Waals surface area contributed by atoms with Gasteiger partial charge in [0.05, 0.1) is 11.3 Å². The number of hydrogen-bond donors (Lipinski definition) is 1. The van der Waals surface area contributed by atoms with Crippen molar-refractivity contribution in [3.05, 3.63) is 52.5 Å². The van der Waals surface area contributed by atoms with Crippen molar-refractivity contribution in [3.63, 3.8) is 0 Å². The summed E-state index contributed by atoms with van der Waals surface area (Å²) >= 11 is 3.34. The van der Waals surface area contributed by atoms with Crippen LogP contribution in [0.25, 0.3) is 0 Å². The molecule has 2 aromatic carbocycles. The van der Waals surface area contributed by atoms with Gasteiger partial charge in [-0.2, -0.15) is 5.26 Å². The van der Waals surface area contributed by atoms with Crippen LogP contribution in [0.5, 0.6) is 5.75 Å². The second kappa shape index (κ2) is 5.11. The number of anilines is 2. The Bertz CT molecular complexity index is 619. The molecule has 0 atom stereocenters. The fourth-order valence-electron chi connectivity index (χ4n) is 1.73. The summed E-state index contributed by atoms with van der Waals surface area (Å²) in [4.78, 5) is 1.87. The Kier molecular flexibility index (Phi) is 3.54. The zero-order chi connectivity index (χ0) is 13.1. The lowest BCUT2D eigenvalue weighted by Crippen LogP contribution is -2.10. The second-order valence-corrected chi connectivity index (χ2v) is 4.77. The minimum atomic E-state index is 0.204. The molecular weight excluding hydrogens is 292 g/mol. The molecule has 0 saturated carbocycles. The Balaban J connectivity index is 2.46. The van der Waals surface area contributed by atoms with E-state index < -0.39 is 0 Å². The van der Waals surface area contributed by atoms with Gasteiger partial charge in [0.25, 0.3) is 0 Å². The predicted octanol–water partition coefficient (Wildman–Crippen LogP) is 3.79. The highest BCUT2D eigenvalue weighted by Gasteiger charge is 2.10. The van der Waals surface area contributed by atoms with Crippen molar-refractivity contribution in [3.8, 4) is 11.8 Å². The summed E-state index contributed by atoms with van der Waals surface area (Å²) in [6, 6.07) is 14.6. The molecular formula is C14H11BrN2O. The van der Waals surface area contributed by atoms with Crippen molar-refractivity contribution in [2.45, 2.75) is 0 Å². The zero-order valence-corrected chi connectivity index (χ0v) is 11.3. The summed E-state index contributed by atoms with van der Waals surface area (Å²) in [6.45, 7) is 0. The van der Waals surface area contributed by atoms with Gasteiger partial charge in [-0.3, -0.25) is 0 Å². The van der Waals surface area contributed by atoms with Gasteiger partial charge in [-0.05, 0) is 30.3 Å². The van der Waals surface area contributed by atoms with Crippen LogP contribution < -0.4 is 4.90 Å². The lowest BCUT2D eigenvalue weighted by atomic mass is 10.1. The number of hydrogen-bond acceptors (Lipinski definition) is 3. The first-order valence-corrected chi connectivity index (χ1v) is 6.13. The van der Waals surface area contributed by atoms with Crippen LogP contribution in [0, 0.1) is 11.3 Å². The highest BCUT2D eigenvalue weighted by atomic mass is 79.9. The fraction of sp³-hybridized carbons (Fsp3) is 0.0714. The highest BCUT2D eigenvalue weighted by Crippen LogP contribution is 2.30. The van der Waals surface area contributed by atoms with Gasteiger partial charge in [0.2, 0.25) is 0 Å². The Morgan fingerprint density at radius 2 is 2.00 bits per heavy atom. The van der Waals surface area contributed by atoms with Gasteiger partial charge in [0.1, 0.15) is 11.8 Å². The van der Waals surface area contributed by atoms with E-state index in [2.05, 4.69) is 22.0 Å². The second-order valence-electron chi connectivity index (χ2n) is 3.85. The van der Waals surface area contributed by atoms with Crippen LogP contribution in [0.1, 0.15) is 5.56 Å². The molecule has 0 amide bonds. The minimum Gasteiger partial charge on any atom is -0.508 e. The van der Waals surface area contributed by atoms with Crippen molar-refractivity contribution in [1.82, 2.24) is 0 Å². The van der Waals surface area contributed by atoms with Crippen molar-refractivity contribution in [2.24, 2.45) is 0 Å². The number of benzene rings is 2. The van der Waals surface area contributed by atoms with Crippen LogP contribution >= 0.6 is 15.9 Å². The first-order valence-electron chi connectivity index (χ1n) is 5.34. The van der Waals surface area contributed by atoms with Gasteiger partial charge in [0.15, 0.2) is 0 Å². The van der Waals surface area contributed by atoms with Gasteiger partial charge < -0.3 is 10.0 Å². The third kappa shape index (κ3) is 2.47. The van der Waals surface area contributed by atoms with Crippen molar-refractivity contribution >= 4 is 27.3 Å². The van der Waals surface area contributed by atoms with E-state index in [1.165, 1.54) is 0 Å². The summed E-state index contributed by atoms with van der Waals surface area (Å²) in [7, 11) is 1.86. The summed E-state index contributed by atoms with van der Waals surface area (Å²) in [5.41, 5.74) is 2.20. The molecule has 0 fully saturated rings. The highest BCUT2D eigenvalue weighted by molar-refractivity contribution is 9.10. The summed E-state index contributed by atoms with van der Waals surface area (Å²) in [6.07, 6.45) is 0. The average molecular weight is 303 g/mol. The molecule has 0 unspecified atom stereocenters. The van der Waals surface area contributed by atoms with Crippen LogP contribution in [0.15, 0.2) is 46.9 Å². The molecule has 4 heteroatoms. The van der Waals surface area contributed by atoms with Crippen molar-refractivity contribution in [1.29, 1.82) is 5.26 Å². The number of rotatable bonds is 2. The van der Waals surface area contributed by atoms with E-state index in [0.717, 1.165) is 15.8 Å². The first-order chi connectivity index (χ1) is 8.61. The van der Waals surface area contributed by atoms with E-state index in [1.54, 1.807) is 24.3 Å². The molecule has 0 aromatic heterocycles. The molecule has 1 N–H and O–H groups in total. The quantitative estimate of drug-likeness (QED) is 0.918. The largest absolute Gasteiger partial charge is 0.508 e. The van der Waals surface area contributed by atoms with Gasteiger partial charge in [-0.25, -0.2) is 0 Å². The van der Waals surface area contributed by atoms with Crippen LogP contribution in [0.3, 0.4) is 0 Å². The van der Waals surface area contributed by atoms with E-state index >= 15 is 0 Å². The number of halogens is 1. The molecule has 0 bridgehead atoms. The number of nitrogens with zero attached hydrogens (tertiary/aromatic N) is 2. The SMILES string of the molecule is CN(c1cccc(O)c1)c1ccc(Br)cc1C#N. The van der Waals surface area contributed by atoms with Gasteiger partial charge in [-0.15, -0.1) is 0 Å². The minimum absolute atomic E-state index is 0.204. The summed E-state index contributed by atoms with van der Waals surface area (Å²) in [5.74, 6) is 0.204. The van der Waals surface area contributed by atoms with Crippen molar-refractivity contribution in [2.75, 3.05) is 11.9 Å². The molecule has 0 aliphatic rings. The van der Waals surface area contributed by atoms with Crippen LogP contribution in [0.4, 0.5) is 11.4 Å². The van der Waals surface area contributed by atoms with Gasteiger partial charge in [0, 0.05) is 23.3 Å². The van der Waals surface area contributed by atoms with Gasteiger partial charge in [-0.1, -0.05) is 22.0 Å². The fourth-order valence-corrected chi connectivity index (χ4v) is 2.09. The lowest BCUT2D eigenvalue weighted by Gasteiger charge is -2.20. The van der Waals surface area contributed by atoms with Crippen molar-refractivity contribution < 1.29 is 5.11 Å². The van der Waals surface area contributed by atoms with Crippen LogP contribution in [-0.4, -0.2) is 12.2 Å². The smallest absolute Gasteiger partial charge is 0.117 e. The third-order valence-corrected chi connectivity index (χ3v) is 3.15. The molecule has 18 heavy (non-hydrogen) atoms. The van der Waals surface area contributed by atoms with E-state index in [1.807, 2.05) is 30.1 Å². The Labute approximate surface area is 114 Å². The predicted molar refractivity (Wildman–Crippen MR) is 75.0 cm³/mol. The maximum absolute atomic E-state index is 9.48. The number of phenols is 1. The van der Waals surface area contributed by atoms with E-state index in [9.17, 15) is 5.11 Å². The summed E-state index contributed by atoms with van der Waals surface area (Å²) in [5, 5.41) is 18.6. The molecule has 0 aliphatic carbocycles. The molecule has 90 valence electrons. The third-order valence-electron chi connectivity index (χ3n) is 2.66. The molecule has 0 heterocycles. The molecule has 2 rings (SSSR count). The lowest BCUT2D eigenvalue weighted by molar-refractivity contribution is 0.475. The maximum Gasteiger partial charge on any atom is 0.117 e. The van der Waals surface area contributed by atoms with E-state index in [-0.39, 0.29) is 5.75 Å². The van der Waals surface area contributed by atoms with Crippen LogP contribution in [0.2, 0.25) is 0 Å². The standard InChI is InChI=1S/C14H11BrN2O/c1-17(12-3-2-4-13(18)8-12)14-6-5-11(15)7-10(14)9-16/h2-8,18H,1H3. The molecule has 0 spiro atoms. The van der Waals surface area contributed by atoms with Gasteiger partial charge >= 0.3 is 0 Å². The number of nitriles is 1. The average Bonchev–Trinajstić information content (AvgIpc) is 2.37. The van der Waals surface area contributed by atoms with E-state index in [0.29, 0.717) is 5.56 Å².